The van der Waals surface area contributed by atoms with Gasteiger partial charge in [-0.1, -0.05) is 6.92 Å². The van der Waals surface area contributed by atoms with Crippen molar-refractivity contribution in [3.8, 4) is 17.2 Å². The van der Waals surface area contributed by atoms with E-state index in [0.29, 0.717) is 6.61 Å². The molecule has 1 aliphatic rings. The van der Waals surface area contributed by atoms with Crippen molar-refractivity contribution in [2.75, 3.05) is 20.8 Å². The van der Waals surface area contributed by atoms with E-state index in [1.165, 1.54) is 0 Å². The van der Waals surface area contributed by atoms with Crippen molar-refractivity contribution in [2.24, 2.45) is 11.7 Å². The van der Waals surface area contributed by atoms with Gasteiger partial charge in [0.15, 0.2) is 0 Å². The monoisotopic (exact) mass is 223 g/mol. The third-order valence-electron chi connectivity index (χ3n) is 2.98. The van der Waals surface area contributed by atoms with Crippen LogP contribution in [0.3, 0.4) is 0 Å². The molecule has 88 valence electrons. The van der Waals surface area contributed by atoms with E-state index in [-0.39, 0.29) is 12.0 Å². The van der Waals surface area contributed by atoms with Gasteiger partial charge >= 0.3 is 0 Å². The first-order valence-corrected chi connectivity index (χ1v) is 5.31. The van der Waals surface area contributed by atoms with Crippen LogP contribution in [0.25, 0.3) is 0 Å². The predicted octanol–water partition coefficient (Wildman–Crippen LogP) is 1.73. The Kier molecular flexibility index (Phi) is 2.92. The Balaban J connectivity index is 2.52. The van der Waals surface area contributed by atoms with Gasteiger partial charge in [-0.2, -0.15) is 0 Å². The second kappa shape index (κ2) is 4.22. The summed E-state index contributed by atoms with van der Waals surface area (Å²) in [5.74, 6) is 2.50. The average Bonchev–Trinajstić information content (AvgIpc) is 2.32. The minimum atomic E-state index is -0.0513. The molecule has 0 saturated heterocycles. The molecule has 4 nitrogen and oxygen atoms in total. The number of hydrogen-bond donors (Lipinski definition) is 1. The molecule has 0 aliphatic carbocycles. The molecule has 0 fully saturated rings. The second-order valence-electron chi connectivity index (χ2n) is 4.06. The summed E-state index contributed by atoms with van der Waals surface area (Å²) in [6.45, 7) is 2.70. The molecule has 1 heterocycles. The molecule has 0 amide bonds. The van der Waals surface area contributed by atoms with E-state index >= 15 is 0 Å². The number of fused-ring (bicyclic) bond motifs is 1. The zero-order valence-electron chi connectivity index (χ0n) is 9.82. The van der Waals surface area contributed by atoms with Gasteiger partial charge in [0.25, 0.3) is 0 Å². The molecule has 16 heavy (non-hydrogen) atoms. The summed E-state index contributed by atoms with van der Waals surface area (Å²) in [6.07, 6.45) is 0. The van der Waals surface area contributed by atoms with Crippen LogP contribution in [0.5, 0.6) is 17.2 Å². The van der Waals surface area contributed by atoms with Gasteiger partial charge < -0.3 is 19.9 Å². The van der Waals surface area contributed by atoms with E-state index in [2.05, 4.69) is 6.92 Å². The van der Waals surface area contributed by atoms with Crippen LogP contribution in [0.2, 0.25) is 0 Å². The Morgan fingerprint density at radius 2 is 2.06 bits per heavy atom. The summed E-state index contributed by atoms with van der Waals surface area (Å²) in [7, 11) is 3.24. The highest BCUT2D eigenvalue weighted by atomic mass is 16.5. The Bertz CT molecular complexity index is 375. The average molecular weight is 223 g/mol. The maximum absolute atomic E-state index is 6.16. The van der Waals surface area contributed by atoms with E-state index in [4.69, 9.17) is 19.9 Å². The van der Waals surface area contributed by atoms with E-state index in [9.17, 15) is 0 Å². The third-order valence-corrected chi connectivity index (χ3v) is 2.98. The number of benzene rings is 1. The summed E-state index contributed by atoms with van der Waals surface area (Å²) in [5.41, 5.74) is 7.09. The van der Waals surface area contributed by atoms with Gasteiger partial charge in [0.05, 0.1) is 26.4 Å². The van der Waals surface area contributed by atoms with Crippen molar-refractivity contribution in [1.82, 2.24) is 0 Å². The zero-order chi connectivity index (χ0) is 11.7. The summed E-state index contributed by atoms with van der Waals surface area (Å²) in [5, 5.41) is 0. The zero-order valence-corrected chi connectivity index (χ0v) is 9.82. The standard InChI is InChI=1S/C12H17NO3/c1-7-6-16-10-5-8(14-2)4-9(15-3)11(10)12(7)13/h4-5,7,12H,6,13H2,1-3H3. The Labute approximate surface area is 95.3 Å². The summed E-state index contributed by atoms with van der Waals surface area (Å²) in [6, 6.07) is 3.63. The van der Waals surface area contributed by atoms with Crippen LogP contribution in [-0.2, 0) is 0 Å². The van der Waals surface area contributed by atoms with Gasteiger partial charge in [-0.15, -0.1) is 0 Å². The third kappa shape index (κ3) is 1.69. The summed E-state index contributed by atoms with van der Waals surface area (Å²) >= 11 is 0. The smallest absolute Gasteiger partial charge is 0.131 e. The van der Waals surface area contributed by atoms with E-state index in [0.717, 1.165) is 22.8 Å². The Morgan fingerprint density at radius 3 is 2.69 bits per heavy atom. The highest BCUT2D eigenvalue weighted by molar-refractivity contribution is 5.53. The molecule has 1 aromatic carbocycles. The van der Waals surface area contributed by atoms with Crippen LogP contribution >= 0.6 is 0 Å². The molecule has 0 spiro atoms. The Morgan fingerprint density at radius 1 is 1.31 bits per heavy atom. The van der Waals surface area contributed by atoms with E-state index in [1.807, 2.05) is 12.1 Å². The second-order valence-corrected chi connectivity index (χ2v) is 4.06. The molecule has 1 aromatic rings. The molecule has 0 aromatic heterocycles. The molecule has 2 atom stereocenters. The van der Waals surface area contributed by atoms with Crippen LogP contribution in [0.4, 0.5) is 0 Å². The van der Waals surface area contributed by atoms with Crippen molar-refractivity contribution in [2.45, 2.75) is 13.0 Å². The normalized spacial score (nSPS) is 23.2. The van der Waals surface area contributed by atoms with Gasteiger partial charge in [-0.05, 0) is 0 Å². The molecule has 2 N–H and O–H groups in total. The van der Waals surface area contributed by atoms with E-state index < -0.39 is 0 Å². The van der Waals surface area contributed by atoms with Gasteiger partial charge in [0, 0.05) is 24.1 Å². The number of rotatable bonds is 2. The molecular weight excluding hydrogens is 206 g/mol. The van der Waals surface area contributed by atoms with Crippen molar-refractivity contribution in [3.05, 3.63) is 17.7 Å². The largest absolute Gasteiger partial charge is 0.496 e. The van der Waals surface area contributed by atoms with Crippen LogP contribution in [0.15, 0.2) is 12.1 Å². The molecule has 0 saturated carbocycles. The first-order valence-electron chi connectivity index (χ1n) is 5.31. The van der Waals surface area contributed by atoms with Crippen molar-refractivity contribution in [1.29, 1.82) is 0 Å². The number of nitrogens with two attached hydrogens (primary N) is 1. The Hall–Kier alpha value is -1.42. The number of methoxy groups -OCH3 is 2. The lowest BCUT2D eigenvalue weighted by molar-refractivity contribution is 0.201. The molecule has 2 rings (SSSR count). The molecule has 0 bridgehead atoms. The number of hydrogen-bond acceptors (Lipinski definition) is 4. The van der Waals surface area contributed by atoms with Crippen molar-refractivity contribution >= 4 is 0 Å². The van der Waals surface area contributed by atoms with Crippen molar-refractivity contribution in [3.63, 3.8) is 0 Å². The quantitative estimate of drug-likeness (QED) is 0.829. The lowest BCUT2D eigenvalue weighted by Crippen LogP contribution is -2.29. The van der Waals surface area contributed by atoms with Gasteiger partial charge in [0.1, 0.15) is 17.2 Å². The highest BCUT2D eigenvalue weighted by Gasteiger charge is 2.28. The predicted molar refractivity (Wildman–Crippen MR) is 61.1 cm³/mol. The molecule has 4 heteroatoms. The fraction of sp³-hybridized carbons (Fsp3) is 0.500. The topological polar surface area (TPSA) is 53.7 Å². The van der Waals surface area contributed by atoms with Crippen LogP contribution in [0.1, 0.15) is 18.5 Å². The maximum atomic E-state index is 6.16. The molecule has 1 aliphatic heterocycles. The highest BCUT2D eigenvalue weighted by Crippen LogP contribution is 2.42. The summed E-state index contributed by atoms with van der Waals surface area (Å²) < 4.78 is 16.2. The fourth-order valence-corrected chi connectivity index (χ4v) is 1.92. The minimum Gasteiger partial charge on any atom is -0.496 e. The SMILES string of the molecule is COc1cc(OC)c2c(c1)OCC(C)C2N. The lowest BCUT2D eigenvalue weighted by atomic mass is 9.92. The van der Waals surface area contributed by atoms with Gasteiger partial charge in [-0.3, -0.25) is 0 Å². The van der Waals surface area contributed by atoms with Crippen LogP contribution in [0, 0.1) is 5.92 Å². The summed E-state index contributed by atoms with van der Waals surface area (Å²) in [4.78, 5) is 0. The molecule has 2 unspecified atom stereocenters. The van der Waals surface area contributed by atoms with E-state index in [1.54, 1.807) is 14.2 Å². The van der Waals surface area contributed by atoms with Gasteiger partial charge in [-0.25, -0.2) is 0 Å². The molecule has 0 radical (unpaired) electrons. The molecular formula is C12H17NO3. The van der Waals surface area contributed by atoms with Crippen LogP contribution in [-0.4, -0.2) is 20.8 Å². The minimum absolute atomic E-state index is 0.0513. The van der Waals surface area contributed by atoms with Crippen molar-refractivity contribution < 1.29 is 14.2 Å². The van der Waals surface area contributed by atoms with Gasteiger partial charge in [0.2, 0.25) is 0 Å². The first-order chi connectivity index (χ1) is 7.67. The first kappa shape index (κ1) is 11.1. The lowest BCUT2D eigenvalue weighted by Gasteiger charge is -2.30. The fourth-order valence-electron chi connectivity index (χ4n) is 1.92. The van der Waals surface area contributed by atoms with Crippen LogP contribution < -0.4 is 19.9 Å². The maximum Gasteiger partial charge on any atom is 0.131 e. The number of ether oxygens (including phenoxy) is 3.